The van der Waals surface area contributed by atoms with E-state index in [2.05, 4.69) is 10.6 Å². The van der Waals surface area contributed by atoms with E-state index in [1.54, 1.807) is 24.3 Å². The Morgan fingerprint density at radius 3 is 2.48 bits per heavy atom. The number of benzene rings is 2. The molecular formula is C19H15ClF3N3O3. The lowest BCUT2D eigenvalue weighted by Gasteiger charge is -2.12. The molecule has 0 saturated carbocycles. The van der Waals surface area contributed by atoms with Crippen LogP contribution in [-0.2, 0) is 11.0 Å². The monoisotopic (exact) mass is 425 g/mol. The number of ether oxygens (including phenoxy) is 2. The lowest BCUT2D eigenvalue weighted by Crippen LogP contribution is -2.15. The van der Waals surface area contributed by atoms with Gasteiger partial charge in [0.15, 0.2) is 0 Å². The van der Waals surface area contributed by atoms with Crippen molar-refractivity contribution in [3.63, 3.8) is 0 Å². The minimum atomic E-state index is -4.68. The first-order valence-electron chi connectivity index (χ1n) is 7.96. The Hall–Kier alpha value is -3.38. The quantitative estimate of drug-likeness (QED) is 0.511. The molecule has 152 valence electrons. The number of alkyl halides is 3. The van der Waals surface area contributed by atoms with Crippen LogP contribution in [0.5, 0.6) is 11.5 Å². The van der Waals surface area contributed by atoms with Gasteiger partial charge in [-0.2, -0.15) is 18.4 Å². The van der Waals surface area contributed by atoms with E-state index in [0.717, 1.165) is 12.3 Å². The number of rotatable bonds is 6. The summed E-state index contributed by atoms with van der Waals surface area (Å²) in [4.78, 5) is 12.3. The van der Waals surface area contributed by atoms with Gasteiger partial charge >= 0.3 is 6.18 Å². The highest BCUT2D eigenvalue weighted by molar-refractivity contribution is 6.31. The van der Waals surface area contributed by atoms with Crippen molar-refractivity contribution in [3.8, 4) is 17.6 Å². The fourth-order valence-corrected chi connectivity index (χ4v) is 2.47. The first-order valence-corrected chi connectivity index (χ1v) is 8.34. The van der Waals surface area contributed by atoms with Gasteiger partial charge in [-0.05, 0) is 30.3 Å². The number of nitriles is 1. The second kappa shape index (κ2) is 9.21. The van der Waals surface area contributed by atoms with Crippen molar-refractivity contribution in [2.24, 2.45) is 0 Å². The fraction of sp³-hybridized carbons (Fsp3) is 0.158. The maximum absolute atomic E-state index is 12.9. The van der Waals surface area contributed by atoms with Crippen molar-refractivity contribution in [1.29, 1.82) is 5.26 Å². The van der Waals surface area contributed by atoms with Gasteiger partial charge in [0.25, 0.3) is 5.91 Å². The summed E-state index contributed by atoms with van der Waals surface area (Å²) in [6.45, 7) is 0. The molecule has 2 aromatic rings. The second-order valence-corrected chi connectivity index (χ2v) is 5.93. The summed E-state index contributed by atoms with van der Waals surface area (Å²) in [5.74, 6) is 0.0232. The molecule has 0 heterocycles. The standard InChI is InChI=1S/C19H15ClF3N3O3/c1-28-13-4-6-17(29-2)16(8-13)25-10-11(9-24)18(27)26-12-3-5-15(20)14(7-12)19(21,22)23/h3-8,10,25H,1-2H3,(H,26,27)/b11-10-. The minimum absolute atomic E-state index is 0.160. The third-order valence-corrected chi connectivity index (χ3v) is 4.00. The fourth-order valence-electron chi connectivity index (χ4n) is 2.24. The van der Waals surface area contributed by atoms with Gasteiger partial charge in [0.05, 0.1) is 30.5 Å². The Kier molecular flexibility index (Phi) is 6.96. The molecule has 0 aromatic heterocycles. The third kappa shape index (κ3) is 5.56. The summed E-state index contributed by atoms with van der Waals surface area (Å²) in [5.41, 5.74) is -1.22. The van der Waals surface area contributed by atoms with Crippen LogP contribution in [0, 0.1) is 11.3 Å². The Balaban J connectivity index is 2.23. The van der Waals surface area contributed by atoms with Gasteiger partial charge < -0.3 is 20.1 Å². The molecule has 0 aliphatic carbocycles. The van der Waals surface area contributed by atoms with Crippen LogP contribution in [0.3, 0.4) is 0 Å². The van der Waals surface area contributed by atoms with E-state index < -0.39 is 22.7 Å². The summed E-state index contributed by atoms with van der Waals surface area (Å²) in [6, 6.07) is 9.43. The lowest BCUT2D eigenvalue weighted by atomic mass is 10.2. The van der Waals surface area contributed by atoms with E-state index in [0.29, 0.717) is 23.3 Å². The van der Waals surface area contributed by atoms with Gasteiger partial charge in [-0.25, -0.2) is 0 Å². The molecule has 0 aliphatic rings. The summed E-state index contributed by atoms with van der Waals surface area (Å²) in [7, 11) is 2.91. The molecule has 0 spiro atoms. The van der Waals surface area contributed by atoms with Crippen molar-refractivity contribution < 1.29 is 27.4 Å². The minimum Gasteiger partial charge on any atom is -0.497 e. The highest BCUT2D eigenvalue weighted by Gasteiger charge is 2.33. The number of carbonyl (C=O) groups is 1. The molecular weight excluding hydrogens is 411 g/mol. The average molecular weight is 426 g/mol. The van der Waals surface area contributed by atoms with Crippen LogP contribution in [0.2, 0.25) is 5.02 Å². The lowest BCUT2D eigenvalue weighted by molar-refractivity contribution is -0.137. The number of carbonyl (C=O) groups excluding carboxylic acids is 1. The van der Waals surface area contributed by atoms with Gasteiger partial charge in [-0.3, -0.25) is 4.79 Å². The summed E-state index contributed by atoms with van der Waals surface area (Å²) in [5, 5.41) is 13.7. The summed E-state index contributed by atoms with van der Waals surface area (Å²) >= 11 is 5.55. The van der Waals surface area contributed by atoms with Gasteiger partial charge in [-0.1, -0.05) is 11.6 Å². The Morgan fingerprint density at radius 1 is 1.17 bits per heavy atom. The van der Waals surface area contributed by atoms with Crippen LogP contribution in [-0.4, -0.2) is 20.1 Å². The largest absolute Gasteiger partial charge is 0.497 e. The first-order chi connectivity index (χ1) is 13.7. The molecule has 10 heteroatoms. The van der Waals surface area contributed by atoms with Gasteiger partial charge in [0, 0.05) is 18.0 Å². The molecule has 0 bridgehead atoms. The van der Waals surface area contributed by atoms with E-state index in [9.17, 15) is 23.2 Å². The van der Waals surface area contributed by atoms with E-state index >= 15 is 0 Å². The summed E-state index contributed by atoms with van der Waals surface area (Å²) in [6.07, 6.45) is -3.58. The Morgan fingerprint density at radius 2 is 1.90 bits per heavy atom. The van der Waals surface area contributed by atoms with Gasteiger partial charge in [0.2, 0.25) is 0 Å². The van der Waals surface area contributed by atoms with Crippen molar-refractivity contribution in [2.75, 3.05) is 24.9 Å². The van der Waals surface area contributed by atoms with Gasteiger partial charge in [0.1, 0.15) is 23.1 Å². The number of anilines is 2. The van der Waals surface area contributed by atoms with E-state index in [-0.39, 0.29) is 11.3 Å². The molecule has 2 aromatic carbocycles. The Bertz CT molecular complexity index is 985. The number of methoxy groups -OCH3 is 2. The average Bonchev–Trinajstić information content (AvgIpc) is 2.68. The van der Waals surface area contributed by atoms with Crippen LogP contribution in [0.4, 0.5) is 24.5 Å². The van der Waals surface area contributed by atoms with Crippen molar-refractivity contribution >= 4 is 28.9 Å². The molecule has 0 aliphatic heterocycles. The molecule has 0 unspecified atom stereocenters. The molecule has 0 fully saturated rings. The zero-order valence-electron chi connectivity index (χ0n) is 15.2. The van der Waals surface area contributed by atoms with Crippen molar-refractivity contribution in [2.45, 2.75) is 6.18 Å². The van der Waals surface area contributed by atoms with Crippen molar-refractivity contribution in [3.05, 3.63) is 58.8 Å². The number of hydrogen-bond donors (Lipinski definition) is 2. The van der Waals surface area contributed by atoms with E-state index in [1.807, 2.05) is 0 Å². The van der Waals surface area contributed by atoms with Crippen LogP contribution in [0.25, 0.3) is 0 Å². The van der Waals surface area contributed by atoms with Crippen LogP contribution >= 0.6 is 11.6 Å². The number of nitrogens with one attached hydrogen (secondary N) is 2. The molecule has 2 N–H and O–H groups in total. The molecule has 0 atom stereocenters. The topological polar surface area (TPSA) is 83.4 Å². The normalized spacial score (nSPS) is 11.4. The second-order valence-electron chi connectivity index (χ2n) is 5.53. The third-order valence-electron chi connectivity index (χ3n) is 3.67. The molecule has 1 amide bonds. The zero-order valence-corrected chi connectivity index (χ0v) is 16.0. The van der Waals surface area contributed by atoms with Crippen LogP contribution in [0.15, 0.2) is 48.2 Å². The number of hydrogen-bond acceptors (Lipinski definition) is 5. The van der Waals surface area contributed by atoms with E-state index in [1.165, 1.54) is 20.3 Å². The van der Waals surface area contributed by atoms with Crippen LogP contribution < -0.4 is 20.1 Å². The molecule has 0 radical (unpaired) electrons. The first kappa shape index (κ1) is 21.9. The summed E-state index contributed by atoms with van der Waals surface area (Å²) < 4.78 is 49.1. The maximum atomic E-state index is 12.9. The van der Waals surface area contributed by atoms with Gasteiger partial charge in [-0.15, -0.1) is 0 Å². The van der Waals surface area contributed by atoms with Crippen molar-refractivity contribution in [1.82, 2.24) is 0 Å². The van der Waals surface area contributed by atoms with E-state index in [4.69, 9.17) is 21.1 Å². The maximum Gasteiger partial charge on any atom is 0.417 e. The van der Waals surface area contributed by atoms with Crippen LogP contribution in [0.1, 0.15) is 5.56 Å². The number of halogens is 4. The number of nitrogens with zero attached hydrogens (tertiary/aromatic N) is 1. The molecule has 29 heavy (non-hydrogen) atoms. The Labute approximate surface area is 169 Å². The zero-order chi connectivity index (χ0) is 21.6. The molecule has 2 rings (SSSR count). The smallest absolute Gasteiger partial charge is 0.417 e. The molecule has 6 nitrogen and oxygen atoms in total. The highest BCUT2D eigenvalue weighted by Crippen LogP contribution is 2.36. The predicted octanol–water partition coefficient (Wildman–Crippen LogP) is 4.83. The molecule has 0 saturated heterocycles. The SMILES string of the molecule is COc1ccc(OC)c(N/C=C(/C#N)C(=O)Nc2ccc(Cl)c(C(F)(F)F)c2)c1. The highest BCUT2D eigenvalue weighted by atomic mass is 35.5. The number of amides is 1. The predicted molar refractivity (Wildman–Crippen MR) is 102 cm³/mol.